The number of hydrogen-bond acceptors (Lipinski definition) is 4. The molecule has 0 spiro atoms. The molecular weight excluding hydrogens is 324 g/mol. The van der Waals surface area contributed by atoms with Crippen LogP contribution in [0.5, 0.6) is 0 Å². The Kier molecular flexibility index (Phi) is 4.40. The third-order valence-electron chi connectivity index (χ3n) is 4.61. The van der Waals surface area contributed by atoms with E-state index in [1.165, 1.54) is 0 Å². The van der Waals surface area contributed by atoms with E-state index in [0.717, 1.165) is 28.2 Å². The van der Waals surface area contributed by atoms with E-state index in [9.17, 15) is 8.42 Å². The van der Waals surface area contributed by atoms with E-state index >= 15 is 0 Å². The molecule has 1 N–H and O–H groups in total. The number of piperazine rings is 1. The molecule has 1 fully saturated rings. The van der Waals surface area contributed by atoms with Crippen LogP contribution in [0.1, 0.15) is 22.5 Å². The van der Waals surface area contributed by atoms with E-state index in [0.29, 0.717) is 31.1 Å². The molecule has 0 radical (unpaired) electrons. The van der Waals surface area contributed by atoms with E-state index in [4.69, 9.17) is 0 Å². The van der Waals surface area contributed by atoms with E-state index in [1.807, 2.05) is 39.8 Å². The fourth-order valence-corrected chi connectivity index (χ4v) is 5.02. The van der Waals surface area contributed by atoms with Crippen molar-refractivity contribution < 1.29 is 8.42 Å². The van der Waals surface area contributed by atoms with Crippen LogP contribution in [-0.2, 0) is 10.0 Å². The van der Waals surface area contributed by atoms with Crippen molar-refractivity contribution in [2.45, 2.75) is 32.6 Å². The number of sulfonamides is 1. The average Bonchev–Trinajstić information content (AvgIpc) is 2.88. The highest BCUT2D eigenvalue weighted by Gasteiger charge is 2.30. The molecule has 0 aliphatic carbocycles. The number of hydrogen-bond donors (Lipinski definition) is 1. The zero-order valence-electron chi connectivity index (χ0n) is 14.6. The lowest BCUT2D eigenvalue weighted by atomic mass is 10.2. The number of aryl methyl sites for hydroxylation is 4. The summed E-state index contributed by atoms with van der Waals surface area (Å²) in [6, 6.07) is 5.58. The average molecular weight is 348 g/mol. The van der Waals surface area contributed by atoms with Crippen LogP contribution in [0.15, 0.2) is 23.1 Å². The second-order valence-electron chi connectivity index (χ2n) is 6.44. The number of H-pyrrole nitrogens is 1. The molecular formula is C17H24N4O2S. The molecule has 6 nitrogen and oxygen atoms in total. The predicted molar refractivity (Wildman–Crippen MR) is 94.9 cm³/mol. The molecule has 0 atom stereocenters. The Balaban J connectivity index is 1.80. The van der Waals surface area contributed by atoms with Crippen molar-refractivity contribution in [3.05, 3.63) is 40.7 Å². The van der Waals surface area contributed by atoms with Crippen molar-refractivity contribution in [1.29, 1.82) is 0 Å². The van der Waals surface area contributed by atoms with Gasteiger partial charge in [-0.3, -0.25) is 5.10 Å². The molecule has 0 amide bonds. The van der Waals surface area contributed by atoms with Crippen molar-refractivity contribution in [3.8, 4) is 0 Å². The number of nitrogens with one attached hydrogen (secondary N) is 1. The monoisotopic (exact) mass is 348 g/mol. The first-order valence-corrected chi connectivity index (χ1v) is 9.58. The van der Waals surface area contributed by atoms with Gasteiger partial charge < -0.3 is 4.90 Å². The lowest BCUT2D eigenvalue weighted by Gasteiger charge is -2.35. The number of aromatic nitrogens is 2. The van der Waals surface area contributed by atoms with Crippen molar-refractivity contribution >= 4 is 15.7 Å². The lowest BCUT2D eigenvalue weighted by Crippen LogP contribution is -2.49. The van der Waals surface area contributed by atoms with Crippen molar-refractivity contribution in [3.63, 3.8) is 0 Å². The fraction of sp³-hybridized carbons (Fsp3) is 0.471. The molecule has 1 aliphatic rings. The lowest BCUT2D eigenvalue weighted by molar-refractivity contribution is 0.384. The molecule has 0 saturated carbocycles. The van der Waals surface area contributed by atoms with Crippen LogP contribution in [0.3, 0.4) is 0 Å². The van der Waals surface area contributed by atoms with Gasteiger partial charge in [-0.05, 0) is 44.9 Å². The normalized spacial score (nSPS) is 16.6. The second-order valence-corrected chi connectivity index (χ2v) is 8.35. The maximum Gasteiger partial charge on any atom is 0.243 e. The van der Waals surface area contributed by atoms with Gasteiger partial charge in [-0.2, -0.15) is 9.40 Å². The number of anilines is 1. The number of benzene rings is 1. The Morgan fingerprint density at radius 3 is 2.29 bits per heavy atom. The van der Waals surface area contributed by atoms with Gasteiger partial charge in [0.1, 0.15) is 0 Å². The molecule has 2 aromatic rings. The van der Waals surface area contributed by atoms with Gasteiger partial charge >= 0.3 is 0 Å². The zero-order chi connectivity index (χ0) is 17.5. The Hall–Kier alpha value is -1.86. The molecule has 24 heavy (non-hydrogen) atoms. The van der Waals surface area contributed by atoms with E-state index in [1.54, 1.807) is 10.4 Å². The van der Waals surface area contributed by atoms with Crippen molar-refractivity contribution in [1.82, 2.24) is 14.5 Å². The number of rotatable bonds is 3. The number of nitrogens with zero attached hydrogens (tertiary/aromatic N) is 3. The fourth-order valence-electron chi connectivity index (χ4n) is 3.29. The van der Waals surface area contributed by atoms with Crippen LogP contribution < -0.4 is 4.90 Å². The molecule has 130 valence electrons. The minimum absolute atomic E-state index is 0.423. The van der Waals surface area contributed by atoms with Gasteiger partial charge in [0.05, 0.1) is 22.0 Å². The molecule has 3 rings (SSSR count). The van der Waals surface area contributed by atoms with Gasteiger partial charge in [-0.15, -0.1) is 0 Å². The summed E-state index contributed by atoms with van der Waals surface area (Å²) in [4.78, 5) is 2.63. The first-order valence-electron chi connectivity index (χ1n) is 8.14. The molecule has 1 saturated heterocycles. The van der Waals surface area contributed by atoms with Crippen LogP contribution in [0, 0.1) is 27.7 Å². The van der Waals surface area contributed by atoms with Gasteiger partial charge in [-0.1, -0.05) is 12.1 Å². The minimum Gasteiger partial charge on any atom is -0.366 e. The summed E-state index contributed by atoms with van der Waals surface area (Å²) in [6.07, 6.45) is 0. The minimum atomic E-state index is -3.44. The third-order valence-corrected chi connectivity index (χ3v) is 6.65. The Morgan fingerprint density at radius 1 is 1.04 bits per heavy atom. The standard InChI is InChI=1S/C17H24N4O2S/c1-12-5-6-13(2)16(11-12)24(22,23)21-9-7-20(8-10-21)17-14(3)18-19-15(17)4/h5-6,11H,7-10H2,1-4H3,(H,18,19). The summed E-state index contributed by atoms with van der Waals surface area (Å²) in [6.45, 7) is 10.0. The summed E-state index contributed by atoms with van der Waals surface area (Å²) in [7, 11) is -3.44. The van der Waals surface area contributed by atoms with Crippen LogP contribution >= 0.6 is 0 Å². The highest BCUT2D eigenvalue weighted by molar-refractivity contribution is 7.89. The largest absolute Gasteiger partial charge is 0.366 e. The van der Waals surface area contributed by atoms with Crippen LogP contribution in [0.4, 0.5) is 5.69 Å². The summed E-state index contributed by atoms with van der Waals surface area (Å²) in [5.74, 6) is 0. The first kappa shape index (κ1) is 17.0. The van der Waals surface area contributed by atoms with Crippen LogP contribution in [-0.4, -0.2) is 49.1 Å². The molecule has 1 aliphatic heterocycles. The Labute approximate surface area is 143 Å². The maximum atomic E-state index is 13.0. The molecule has 0 bridgehead atoms. The van der Waals surface area contributed by atoms with Crippen LogP contribution in [0.2, 0.25) is 0 Å². The van der Waals surface area contributed by atoms with Gasteiger partial charge in [-0.25, -0.2) is 8.42 Å². The first-order chi connectivity index (χ1) is 11.3. The van der Waals surface area contributed by atoms with Crippen molar-refractivity contribution in [2.75, 3.05) is 31.1 Å². The van der Waals surface area contributed by atoms with Gasteiger partial charge in [0.25, 0.3) is 0 Å². The van der Waals surface area contributed by atoms with Crippen molar-refractivity contribution in [2.24, 2.45) is 0 Å². The second kappa shape index (κ2) is 6.22. The number of aromatic amines is 1. The highest BCUT2D eigenvalue weighted by Crippen LogP contribution is 2.26. The third kappa shape index (κ3) is 2.93. The summed E-state index contributed by atoms with van der Waals surface area (Å²) in [5.41, 5.74) is 4.84. The Bertz CT molecular complexity index is 830. The molecule has 7 heteroatoms. The van der Waals surface area contributed by atoms with Gasteiger partial charge in [0, 0.05) is 26.2 Å². The quantitative estimate of drug-likeness (QED) is 0.923. The summed E-state index contributed by atoms with van der Waals surface area (Å²) >= 11 is 0. The molecule has 1 aromatic carbocycles. The molecule has 2 heterocycles. The van der Waals surface area contributed by atoms with E-state index < -0.39 is 10.0 Å². The topological polar surface area (TPSA) is 69.3 Å². The van der Waals surface area contributed by atoms with Gasteiger partial charge in [0.15, 0.2) is 0 Å². The van der Waals surface area contributed by atoms with E-state index in [2.05, 4.69) is 15.1 Å². The maximum absolute atomic E-state index is 13.0. The van der Waals surface area contributed by atoms with E-state index in [-0.39, 0.29) is 0 Å². The smallest absolute Gasteiger partial charge is 0.243 e. The summed E-state index contributed by atoms with van der Waals surface area (Å²) < 4.78 is 27.5. The molecule has 0 unspecified atom stereocenters. The summed E-state index contributed by atoms with van der Waals surface area (Å²) in [5, 5.41) is 7.22. The SMILES string of the molecule is Cc1ccc(C)c(S(=O)(=O)N2CCN(c3c(C)n[nH]c3C)CC2)c1. The Morgan fingerprint density at radius 2 is 1.71 bits per heavy atom. The zero-order valence-corrected chi connectivity index (χ0v) is 15.4. The van der Waals surface area contributed by atoms with Crippen LogP contribution in [0.25, 0.3) is 0 Å². The predicted octanol–water partition coefficient (Wildman–Crippen LogP) is 2.15. The highest BCUT2D eigenvalue weighted by atomic mass is 32.2. The van der Waals surface area contributed by atoms with Gasteiger partial charge in [0.2, 0.25) is 10.0 Å². The molecule has 1 aromatic heterocycles.